The molecular weight excluding hydrogens is 264 g/mol. The Hall–Kier alpha value is -1.10. The van der Waals surface area contributed by atoms with Crippen LogP contribution in [-0.4, -0.2) is 57.1 Å². The lowest BCUT2D eigenvalue weighted by Gasteiger charge is -2.35. The molecule has 1 aliphatic rings. The first kappa shape index (κ1) is 14.3. The minimum atomic E-state index is 0.138. The van der Waals surface area contributed by atoms with Gasteiger partial charge in [0.2, 0.25) is 0 Å². The van der Waals surface area contributed by atoms with E-state index in [2.05, 4.69) is 15.9 Å². The number of Topliss-reactive ketones (excluding diaryl/α,β-unsaturated/α-hetero) is 1. The number of piperazine rings is 1. The van der Waals surface area contributed by atoms with Gasteiger partial charge < -0.3 is 9.64 Å². The summed E-state index contributed by atoms with van der Waals surface area (Å²) in [6.07, 6.45) is 0. The van der Waals surface area contributed by atoms with Crippen molar-refractivity contribution in [2.75, 3.05) is 51.3 Å². The fourth-order valence-electron chi connectivity index (χ4n) is 2.29. The maximum Gasteiger partial charge on any atom is 0.172 e. The molecule has 0 bridgehead atoms. The first-order chi connectivity index (χ1) is 9.19. The van der Waals surface area contributed by atoms with E-state index in [1.165, 1.54) is 0 Å². The van der Waals surface area contributed by atoms with E-state index in [4.69, 9.17) is 16.3 Å². The van der Waals surface area contributed by atoms with E-state index in [0.29, 0.717) is 6.54 Å². The van der Waals surface area contributed by atoms with Crippen LogP contribution in [0.3, 0.4) is 0 Å². The quantitative estimate of drug-likeness (QED) is 0.823. The van der Waals surface area contributed by atoms with Crippen LogP contribution in [0.15, 0.2) is 24.3 Å². The van der Waals surface area contributed by atoms with E-state index in [-0.39, 0.29) is 12.4 Å². The third-order valence-corrected chi connectivity index (χ3v) is 3.49. The lowest BCUT2D eigenvalue weighted by Crippen LogP contribution is -2.48. The minimum Gasteiger partial charge on any atom is -0.377 e. The molecular formula is C14H19ClN2O2. The standard InChI is InChI=1S/C14H19ClN2O2/c1-19-11-14(18)10-16-5-7-17(8-6-16)13-4-2-3-12(15)9-13/h2-4,9H,5-8,10-11H2,1H3. The fraction of sp³-hybridized carbons (Fsp3) is 0.500. The number of hydrogen-bond acceptors (Lipinski definition) is 4. The summed E-state index contributed by atoms with van der Waals surface area (Å²) in [5.41, 5.74) is 1.15. The van der Waals surface area contributed by atoms with Gasteiger partial charge in [-0.3, -0.25) is 9.69 Å². The highest BCUT2D eigenvalue weighted by Crippen LogP contribution is 2.20. The summed E-state index contributed by atoms with van der Waals surface area (Å²) in [5, 5.41) is 0.759. The average molecular weight is 283 g/mol. The molecule has 0 unspecified atom stereocenters. The summed E-state index contributed by atoms with van der Waals surface area (Å²) >= 11 is 6.00. The number of anilines is 1. The lowest BCUT2D eigenvalue weighted by molar-refractivity contribution is -0.123. The van der Waals surface area contributed by atoms with E-state index < -0.39 is 0 Å². The smallest absolute Gasteiger partial charge is 0.172 e. The third-order valence-electron chi connectivity index (χ3n) is 3.25. The first-order valence-corrected chi connectivity index (χ1v) is 6.80. The highest BCUT2D eigenvalue weighted by molar-refractivity contribution is 6.30. The van der Waals surface area contributed by atoms with Crippen molar-refractivity contribution >= 4 is 23.1 Å². The zero-order valence-corrected chi connectivity index (χ0v) is 11.9. The Kier molecular flexibility index (Phi) is 5.19. The largest absolute Gasteiger partial charge is 0.377 e. The van der Waals surface area contributed by atoms with Gasteiger partial charge in [0.05, 0.1) is 6.54 Å². The Labute approximate surface area is 118 Å². The van der Waals surface area contributed by atoms with E-state index in [0.717, 1.165) is 36.9 Å². The predicted octanol–water partition coefficient (Wildman–Crippen LogP) is 1.68. The monoisotopic (exact) mass is 282 g/mol. The maximum atomic E-state index is 11.5. The molecule has 0 N–H and O–H groups in total. The van der Waals surface area contributed by atoms with Crippen LogP contribution in [0.5, 0.6) is 0 Å². The molecule has 1 aromatic carbocycles. The van der Waals surface area contributed by atoms with E-state index in [9.17, 15) is 4.79 Å². The second kappa shape index (κ2) is 6.89. The molecule has 5 heteroatoms. The highest BCUT2D eigenvalue weighted by Gasteiger charge is 2.19. The molecule has 0 aliphatic carbocycles. The van der Waals surface area contributed by atoms with E-state index >= 15 is 0 Å². The van der Waals surface area contributed by atoms with Crippen molar-refractivity contribution in [1.29, 1.82) is 0 Å². The van der Waals surface area contributed by atoms with Crippen LogP contribution in [0.2, 0.25) is 5.02 Å². The van der Waals surface area contributed by atoms with Gasteiger partial charge in [-0.1, -0.05) is 17.7 Å². The molecule has 4 nitrogen and oxygen atoms in total. The van der Waals surface area contributed by atoms with E-state index in [1.807, 2.05) is 18.2 Å². The van der Waals surface area contributed by atoms with Gasteiger partial charge in [-0.15, -0.1) is 0 Å². The molecule has 1 aliphatic heterocycles. The van der Waals surface area contributed by atoms with Crippen molar-refractivity contribution in [3.05, 3.63) is 29.3 Å². The number of carbonyl (C=O) groups is 1. The Bertz CT molecular complexity index is 431. The molecule has 1 aromatic rings. The SMILES string of the molecule is COCC(=O)CN1CCN(c2cccc(Cl)c2)CC1. The van der Waals surface area contributed by atoms with Gasteiger partial charge in [-0.05, 0) is 18.2 Å². The second-order valence-electron chi connectivity index (χ2n) is 4.71. The van der Waals surface area contributed by atoms with Crippen molar-refractivity contribution in [3.63, 3.8) is 0 Å². The molecule has 1 heterocycles. The van der Waals surface area contributed by atoms with Crippen molar-refractivity contribution in [1.82, 2.24) is 4.90 Å². The molecule has 0 spiro atoms. The van der Waals surface area contributed by atoms with Crippen molar-refractivity contribution in [2.24, 2.45) is 0 Å². The van der Waals surface area contributed by atoms with Crippen LogP contribution in [0.1, 0.15) is 0 Å². The molecule has 19 heavy (non-hydrogen) atoms. The van der Waals surface area contributed by atoms with Crippen molar-refractivity contribution in [2.45, 2.75) is 0 Å². The number of rotatable bonds is 5. The molecule has 0 radical (unpaired) electrons. The van der Waals surface area contributed by atoms with Crippen molar-refractivity contribution in [3.8, 4) is 0 Å². The number of nitrogens with zero attached hydrogens (tertiary/aromatic N) is 2. The van der Waals surface area contributed by atoms with Crippen LogP contribution >= 0.6 is 11.6 Å². The summed E-state index contributed by atoms with van der Waals surface area (Å²) in [7, 11) is 1.55. The van der Waals surface area contributed by atoms with Crippen LogP contribution in [-0.2, 0) is 9.53 Å². The van der Waals surface area contributed by atoms with Gasteiger partial charge in [-0.2, -0.15) is 0 Å². The number of carbonyl (C=O) groups excluding carboxylic acids is 1. The number of ketones is 1. The summed E-state index contributed by atoms with van der Waals surface area (Å²) in [4.78, 5) is 16.0. The molecule has 2 rings (SSSR count). The van der Waals surface area contributed by atoms with Crippen LogP contribution < -0.4 is 4.90 Å². The molecule has 0 saturated carbocycles. The van der Waals surface area contributed by atoms with Crippen molar-refractivity contribution < 1.29 is 9.53 Å². The summed E-state index contributed by atoms with van der Waals surface area (Å²) in [6, 6.07) is 7.89. The Balaban J connectivity index is 1.84. The third kappa shape index (κ3) is 4.20. The van der Waals surface area contributed by atoms with Crippen LogP contribution in [0, 0.1) is 0 Å². The highest BCUT2D eigenvalue weighted by atomic mass is 35.5. The van der Waals surface area contributed by atoms with E-state index in [1.54, 1.807) is 7.11 Å². The molecule has 0 aromatic heterocycles. The zero-order valence-electron chi connectivity index (χ0n) is 11.1. The number of halogens is 1. The van der Waals surface area contributed by atoms with Crippen LogP contribution in [0.4, 0.5) is 5.69 Å². The van der Waals surface area contributed by atoms with Crippen LogP contribution in [0.25, 0.3) is 0 Å². The fourth-order valence-corrected chi connectivity index (χ4v) is 2.48. The Morgan fingerprint density at radius 3 is 2.68 bits per heavy atom. The van der Waals surface area contributed by atoms with Gasteiger partial charge in [0.25, 0.3) is 0 Å². The zero-order chi connectivity index (χ0) is 13.7. The maximum absolute atomic E-state index is 11.5. The topological polar surface area (TPSA) is 32.8 Å². The Morgan fingerprint density at radius 2 is 2.05 bits per heavy atom. The summed E-state index contributed by atoms with van der Waals surface area (Å²) in [6.45, 7) is 4.30. The molecule has 0 atom stereocenters. The molecule has 1 saturated heterocycles. The number of benzene rings is 1. The minimum absolute atomic E-state index is 0.138. The van der Waals surface area contributed by atoms with Gasteiger partial charge in [-0.25, -0.2) is 0 Å². The number of ether oxygens (including phenoxy) is 1. The molecule has 1 fully saturated rings. The molecule has 0 amide bonds. The van der Waals surface area contributed by atoms with Gasteiger partial charge in [0.15, 0.2) is 5.78 Å². The van der Waals surface area contributed by atoms with Gasteiger partial charge in [0, 0.05) is 44.0 Å². The molecule has 104 valence electrons. The summed E-state index contributed by atoms with van der Waals surface area (Å²) in [5.74, 6) is 0.138. The second-order valence-corrected chi connectivity index (χ2v) is 5.15. The number of hydrogen-bond donors (Lipinski definition) is 0. The Morgan fingerprint density at radius 1 is 1.32 bits per heavy atom. The predicted molar refractivity (Wildman–Crippen MR) is 77.0 cm³/mol. The lowest BCUT2D eigenvalue weighted by atomic mass is 10.2. The average Bonchev–Trinajstić information content (AvgIpc) is 2.40. The number of methoxy groups -OCH3 is 1. The van der Waals surface area contributed by atoms with Gasteiger partial charge in [0.1, 0.15) is 6.61 Å². The summed E-state index contributed by atoms with van der Waals surface area (Å²) < 4.78 is 4.85. The van der Waals surface area contributed by atoms with Gasteiger partial charge >= 0.3 is 0 Å². The normalized spacial score (nSPS) is 16.6. The first-order valence-electron chi connectivity index (χ1n) is 6.42.